The van der Waals surface area contributed by atoms with Crippen molar-refractivity contribution >= 4 is 38.7 Å². The first-order chi connectivity index (χ1) is 15.5. The van der Waals surface area contributed by atoms with E-state index in [2.05, 4.69) is 15.3 Å². The molecule has 1 amide bonds. The Hall–Kier alpha value is -3.83. The van der Waals surface area contributed by atoms with Gasteiger partial charge in [-0.3, -0.25) is 20.2 Å². The molecule has 32 heavy (non-hydrogen) atoms. The third-order valence-corrected chi connectivity index (χ3v) is 5.95. The van der Waals surface area contributed by atoms with Crippen LogP contribution in [0.15, 0.2) is 60.8 Å². The van der Waals surface area contributed by atoms with Crippen LogP contribution in [0.3, 0.4) is 0 Å². The summed E-state index contributed by atoms with van der Waals surface area (Å²) in [5.74, 6) is 0.618. The standard InChI is InChI=1S/C21H16N4O5S2/c1-2-29-16-10-8-13(12-22-16)18-20(30-14-6-4-3-5-7-14)32-21(23-18)24-19(26)15-9-11-17(31-15)25(27)28/h3-12H,2H2,1H3,(H,23,24,26). The number of rotatable bonds is 8. The molecule has 162 valence electrons. The van der Waals surface area contributed by atoms with Gasteiger partial charge in [0.1, 0.15) is 11.4 Å². The Morgan fingerprint density at radius 3 is 2.59 bits per heavy atom. The maximum absolute atomic E-state index is 12.6. The van der Waals surface area contributed by atoms with Crippen LogP contribution in [0.1, 0.15) is 16.6 Å². The summed E-state index contributed by atoms with van der Waals surface area (Å²) < 4.78 is 11.4. The number of aromatic nitrogens is 2. The third kappa shape index (κ3) is 4.90. The molecule has 3 aromatic heterocycles. The van der Waals surface area contributed by atoms with Gasteiger partial charge in [0.2, 0.25) is 10.9 Å². The van der Waals surface area contributed by atoms with E-state index in [-0.39, 0.29) is 9.88 Å². The molecule has 0 radical (unpaired) electrons. The van der Waals surface area contributed by atoms with Gasteiger partial charge in [0.15, 0.2) is 5.13 Å². The summed E-state index contributed by atoms with van der Waals surface area (Å²) in [7, 11) is 0. The van der Waals surface area contributed by atoms with Crippen LogP contribution in [0.5, 0.6) is 16.7 Å². The van der Waals surface area contributed by atoms with E-state index in [1.54, 1.807) is 18.3 Å². The number of nitro groups is 1. The minimum atomic E-state index is -0.534. The highest BCUT2D eigenvalue weighted by Gasteiger charge is 2.20. The Balaban J connectivity index is 1.63. The van der Waals surface area contributed by atoms with Gasteiger partial charge in [-0.05, 0) is 31.2 Å². The molecule has 0 aliphatic carbocycles. The van der Waals surface area contributed by atoms with Crippen LogP contribution in [0.2, 0.25) is 0 Å². The largest absolute Gasteiger partial charge is 0.478 e. The van der Waals surface area contributed by atoms with Crippen molar-refractivity contribution < 1.29 is 19.2 Å². The normalized spacial score (nSPS) is 10.5. The van der Waals surface area contributed by atoms with Crippen molar-refractivity contribution in [2.24, 2.45) is 0 Å². The molecule has 1 N–H and O–H groups in total. The van der Waals surface area contributed by atoms with Gasteiger partial charge < -0.3 is 9.47 Å². The molecule has 11 heteroatoms. The second kappa shape index (κ2) is 9.54. The Morgan fingerprint density at radius 1 is 1.12 bits per heavy atom. The second-order valence-electron chi connectivity index (χ2n) is 6.24. The maximum Gasteiger partial charge on any atom is 0.324 e. The highest BCUT2D eigenvalue weighted by molar-refractivity contribution is 7.19. The summed E-state index contributed by atoms with van der Waals surface area (Å²) in [6.07, 6.45) is 1.62. The molecule has 0 aliphatic rings. The minimum Gasteiger partial charge on any atom is -0.478 e. The number of para-hydroxylation sites is 1. The minimum absolute atomic E-state index is 0.108. The first-order valence-electron chi connectivity index (χ1n) is 9.42. The predicted octanol–water partition coefficient (Wildman–Crippen LogP) is 5.62. The molecule has 4 rings (SSSR count). The SMILES string of the molecule is CCOc1ccc(-c2nc(NC(=O)c3ccc([N+](=O)[O-])s3)sc2Oc2ccccc2)cn1. The summed E-state index contributed by atoms with van der Waals surface area (Å²) in [5, 5.41) is 14.2. The Labute approximate surface area is 190 Å². The van der Waals surface area contributed by atoms with E-state index >= 15 is 0 Å². The molecular formula is C21H16N4O5S2. The highest BCUT2D eigenvalue weighted by Crippen LogP contribution is 2.41. The number of nitrogens with zero attached hydrogens (tertiary/aromatic N) is 3. The zero-order valence-corrected chi connectivity index (χ0v) is 18.3. The molecule has 1 aromatic carbocycles. The van der Waals surface area contributed by atoms with Crippen molar-refractivity contribution in [3.63, 3.8) is 0 Å². The summed E-state index contributed by atoms with van der Waals surface area (Å²) >= 11 is 1.94. The van der Waals surface area contributed by atoms with E-state index in [0.29, 0.717) is 39.7 Å². The van der Waals surface area contributed by atoms with Gasteiger partial charge in [0.05, 0.1) is 16.4 Å². The smallest absolute Gasteiger partial charge is 0.324 e. The number of carbonyl (C=O) groups is 1. The number of carbonyl (C=O) groups excluding carboxylic acids is 1. The lowest BCUT2D eigenvalue weighted by atomic mass is 10.2. The van der Waals surface area contributed by atoms with E-state index in [1.807, 2.05) is 37.3 Å². The van der Waals surface area contributed by atoms with Gasteiger partial charge in [0.25, 0.3) is 5.91 Å². The van der Waals surface area contributed by atoms with Gasteiger partial charge >= 0.3 is 5.00 Å². The van der Waals surface area contributed by atoms with Crippen molar-refractivity contribution in [1.29, 1.82) is 0 Å². The number of nitrogens with one attached hydrogen (secondary N) is 1. The van der Waals surface area contributed by atoms with Crippen LogP contribution in [0.4, 0.5) is 10.1 Å². The lowest BCUT2D eigenvalue weighted by Crippen LogP contribution is -2.09. The summed E-state index contributed by atoms with van der Waals surface area (Å²) in [6.45, 7) is 2.38. The highest BCUT2D eigenvalue weighted by atomic mass is 32.1. The molecule has 9 nitrogen and oxygen atoms in total. The molecule has 0 saturated heterocycles. The van der Waals surface area contributed by atoms with Crippen molar-refractivity contribution in [3.8, 4) is 28.0 Å². The van der Waals surface area contributed by atoms with Gasteiger partial charge in [-0.1, -0.05) is 40.9 Å². The van der Waals surface area contributed by atoms with Gasteiger partial charge in [-0.15, -0.1) is 0 Å². The lowest BCUT2D eigenvalue weighted by Gasteiger charge is -2.06. The Bertz CT molecular complexity index is 1240. The Kier molecular flexibility index (Phi) is 6.38. The number of anilines is 1. The molecule has 0 fully saturated rings. The molecule has 0 spiro atoms. The Morgan fingerprint density at radius 2 is 1.94 bits per heavy atom. The van der Waals surface area contributed by atoms with Crippen LogP contribution < -0.4 is 14.8 Å². The molecule has 0 aliphatic heterocycles. The number of amides is 1. The van der Waals surface area contributed by atoms with Crippen molar-refractivity contribution in [1.82, 2.24) is 9.97 Å². The van der Waals surface area contributed by atoms with Gasteiger partial charge in [-0.2, -0.15) is 0 Å². The van der Waals surface area contributed by atoms with Crippen molar-refractivity contribution in [3.05, 3.63) is 75.8 Å². The van der Waals surface area contributed by atoms with Crippen LogP contribution in [0.25, 0.3) is 11.3 Å². The molecule has 3 heterocycles. The van der Waals surface area contributed by atoms with E-state index < -0.39 is 10.8 Å². The third-order valence-electron chi connectivity index (χ3n) is 4.07. The van der Waals surface area contributed by atoms with E-state index in [4.69, 9.17) is 9.47 Å². The monoisotopic (exact) mass is 468 g/mol. The van der Waals surface area contributed by atoms with Crippen LogP contribution in [-0.2, 0) is 0 Å². The van der Waals surface area contributed by atoms with Crippen molar-refractivity contribution in [2.45, 2.75) is 6.92 Å². The lowest BCUT2D eigenvalue weighted by molar-refractivity contribution is -0.380. The molecule has 0 saturated carbocycles. The van der Waals surface area contributed by atoms with E-state index in [1.165, 1.54) is 12.1 Å². The number of ether oxygens (including phenoxy) is 2. The number of benzene rings is 1. The van der Waals surface area contributed by atoms with Crippen LogP contribution in [0, 0.1) is 10.1 Å². The second-order valence-corrected chi connectivity index (χ2v) is 8.26. The first-order valence-corrected chi connectivity index (χ1v) is 11.1. The van der Waals surface area contributed by atoms with E-state index in [9.17, 15) is 14.9 Å². The number of pyridine rings is 1. The average Bonchev–Trinajstić information content (AvgIpc) is 3.43. The summed E-state index contributed by atoms with van der Waals surface area (Å²) in [4.78, 5) is 31.9. The maximum atomic E-state index is 12.6. The van der Waals surface area contributed by atoms with Crippen LogP contribution >= 0.6 is 22.7 Å². The molecule has 0 atom stereocenters. The molecule has 4 aromatic rings. The average molecular weight is 469 g/mol. The first kappa shape index (κ1) is 21.4. The van der Waals surface area contributed by atoms with Gasteiger partial charge in [-0.25, -0.2) is 9.97 Å². The molecule has 0 unspecified atom stereocenters. The van der Waals surface area contributed by atoms with Gasteiger partial charge in [0, 0.05) is 23.9 Å². The summed E-state index contributed by atoms with van der Waals surface area (Å²) in [5.41, 5.74) is 1.18. The number of thiophene rings is 1. The van der Waals surface area contributed by atoms with E-state index in [0.717, 1.165) is 22.7 Å². The fraction of sp³-hybridized carbons (Fsp3) is 0.0952. The summed E-state index contributed by atoms with van der Waals surface area (Å²) in [6, 6.07) is 15.4. The number of thiazole rings is 1. The number of hydrogen-bond donors (Lipinski definition) is 1. The molecule has 0 bridgehead atoms. The topological polar surface area (TPSA) is 116 Å². The van der Waals surface area contributed by atoms with Crippen molar-refractivity contribution in [2.75, 3.05) is 11.9 Å². The van der Waals surface area contributed by atoms with Crippen LogP contribution in [-0.4, -0.2) is 27.4 Å². The zero-order valence-electron chi connectivity index (χ0n) is 16.7. The molecular weight excluding hydrogens is 452 g/mol. The quantitative estimate of drug-likeness (QED) is 0.263. The fourth-order valence-corrected chi connectivity index (χ4v) is 4.24. The fourth-order valence-electron chi connectivity index (χ4n) is 2.67. The number of hydrogen-bond acceptors (Lipinski definition) is 9. The predicted molar refractivity (Wildman–Crippen MR) is 122 cm³/mol. The zero-order chi connectivity index (χ0) is 22.5.